The van der Waals surface area contributed by atoms with E-state index in [9.17, 15) is 0 Å². The van der Waals surface area contributed by atoms with Gasteiger partial charge in [-0.05, 0) is 80.5 Å². The largest absolute Gasteiger partial charge is 0.361 e. The molecule has 3 heterocycles. The number of benzene rings is 1. The van der Waals surface area contributed by atoms with E-state index in [1.54, 1.807) is 0 Å². The minimum absolute atomic E-state index is 0.0108. The Morgan fingerprint density at radius 2 is 1.85 bits per heavy atom. The molecule has 1 saturated heterocycles. The number of hydrogen-bond donors (Lipinski definition) is 2. The minimum Gasteiger partial charge on any atom is -0.361 e. The molecule has 0 radical (unpaired) electrons. The summed E-state index contributed by atoms with van der Waals surface area (Å²) in [5.74, 6) is 0. The lowest BCUT2D eigenvalue weighted by Gasteiger charge is -2.27. The van der Waals surface area contributed by atoms with Crippen LogP contribution in [-0.4, -0.2) is 15.1 Å². The molecule has 1 aliphatic heterocycles. The van der Waals surface area contributed by atoms with Gasteiger partial charge in [0.25, 0.3) is 0 Å². The lowest BCUT2D eigenvalue weighted by molar-refractivity contribution is 0.558. The highest BCUT2D eigenvalue weighted by Gasteiger charge is 2.41. The SMILES string of the molecule is Cc1ccc([C@H]2[C@H](c3ccccn3)NC(=S)N2c2ccc(C)c(C)c2)[nH]1. The Morgan fingerprint density at radius 1 is 1.00 bits per heavy atom. The van der Waals surface area contributed by atoms with Crippen LogP contribution in [0, 0.1) is 20.8 Å². The molecule has 2 N–H and O–H groups in total. The summed E-state index contributed by atoms with van der Waals surface area (Å²) >= 11 is 5.73. The van der Waals surface area contributed by atoms with Crippen LogP contribution in [0.15, 0.2) is 54.7 Å². The number of nitrogens with one attached hydrogen (secondary N) is 2. The average Bonchev–Trinajstić information content (AvgIpc) is 3.21. The normalized spacial score (nSPS) is 19.7. The van der Waals surface area contributed by atoms with Gasteiger partial charge in [0.05, 0.1) is 11.7 Å². The Bertz CT molecular complexity index is 948. The van der Waals surface area contributed by atoms with Crippen LogP contribution in [-0.2, 0) is 0 Å². The summed E-state index contributed by atoms with van der Waals surface area (Å²) in [6.45, 7) is 6.33. The highest BCUT2D eigenvalue weighted by atomic mass is 32.1. The molecule has 0 aliphatic carbocycles. The topological polar surface area (TPSA) is 44.0 Å². The van der Waals surface area contributed by atoms with Gasteiger partial charge in [-0.25, -0.2) is 0 Å². The molecule has 0 amide bonds. The summed E-state index contributed by atoms with van der Waals surface area (Å²) < 4.78 is 0. The van der Waals surface area contributed by atoms with Crippen molar-refractivity contribution in [2.24, 2.45) is 0 Å². The molecule has 2 atom stereocenters. The van der Waals surface area contributed by atoms with Crippen molar-refractivity contribution in [3.63, 3.8) is 0 Å². The van der Waals surface area contributed by atoms with Gasteiger partial charge in [-0.2, -0.15) is 0 Å². The fraction of sp³-hybridized carbons (Fsp3) is 0.238. The third-order valence-electron chi connectivity index (χ3n) is 5.04. The summed E-state index contributed by atoms with van der Waals surface area (Å²) in [6, 6.07) is 16.7. The number of hydrogen-bond acceptors (Lipinski definition) is 2. The van der Waals surface area contributed by atoms with Gasteiger partial charge in [0.2, 0.25) is 0 Å². The molecule has 1 aliphatic rings. The average molecular weight is 363 g/mol. The third kappa shape index (κ3) is 2.88. The maximum Gasteiger partial charge on any atom is 0.174 e. The van der Waals surface area contributed by atoms with Crippen LogP contribution in [0.4, 0.5) is 5.69 Å². The molecule has 0 spiro atoms. The molecule has 1 aromatic carbocycles. The van der Waals surface area contributed by atoms with Gasteiger partial charge in [-0.1, -0.05) is 12.1 Å². The zero-order valence-electron chi connectivity index (χ0n) is 15.2. The van der Waals surface area contributed by atoms with Crippen LogP contribution in [0.25, 0.3) is 0 Å². The Labute approximate surface area is 159 Å². The van der Waals surface area contributed by atoms with E-state index in [2.05, 4.69) is 71.3 Å². The molecule has 1 fully saturated rings. The number of aromatic nitrogens is 2. The summed E-state index contributed by atoms with van der Waals surface area (Å²) in [6.07, 6.45) is 1.83. The van der Waals surface area contributed by atoms with Gasteiger partial charge in [-0.3, -0.25) is 4.98 Å². The quantitative estimate of drug-likeness (QED) is 0.673. The van der Waals surface area contributed by atoms with E-state index < -0.39 is 0 Å². The van der Waals surface area contributed by atoms with Gasteiger partial charge < -0.3 is 15.2 Å². The van der Waals surface area contributed by atoms with E-state index in [0.29, 0.717) is 0 Å². The first-order chi connectivity index (χ1) is 12.5. The number of aromatic amines is 1. The maximum absolute atomic E-state index is 5.73. The fourth-order valence-corrected chi connectivity index (χ4v) is 3.87. The zero-order chi connectivity index (χ0) is 18.3. The maximum atomic E-state index is 5.73. The number of H-pyrrole nitrogens is 1. The van der Waals surface area contributed by atoms with Gasteiger partial charge in [0.15, 0.2) is 5.11 Å². The van der Waals surface area contributed by atoms with Crippen molar-refractivity contribution < 1.29 is 0 Å². The van der Waals surface area contributed by atoms with Crippen LogP contribution < -0.4 is 10.2 Å². The van der Waals surface area contributed by atoms with Crippen LogP contribution >= 0.6 is 12.2 Å². The second-order valence-electron chi connectivity index (χ2n) is 6.86. The summed E-state index contributed by atoms with van der Waals surface area (Å²) in [5.41, 5.74) is 6.88. The van der Waals surface area contributed by atoms with E-state index in [4.69, 9.17) is 12.2 Å². The fourth-order valence-electron chi connectivity index (χ4n) is 3.52. The number of rotatable bonds is 3. The van der Waals surface area contributed by atoms with Crippen LogP contribution in [0.3, 0.4) is 0 Å². The first-order valence-corrected chi connectivity index (χ1v) is 9.19. The Hall–Kier alpha value is -2.66. The molecule has 4 nitrogen and oxygen atoms in total. The standard InChI is InChI=1S/C21H22N4S/c1-13-7-9-16(12-14(13)2)25-20(18-10-8-15(3)23-18)19(24-21(25)26)17-6-4-5-11-22-17/h4-12,19-20,23H,1-3H3,(H,24,26)/t19-,20-/m0/s1. The van der Waals surface area contributed by atoms with Gasteiger partial charge in [-0.15, -0.1) is 0 Å². The number of anilines is 1. The van der Waals surface area contributed by atoms with Gasteiger partial charge in [0, 0.05) is 23.3 Å². The summed E-state index contributed by atoms with van der Waals surface area (Å²) in [7, 11) is 0. The number of pyridine rings is 1. The van der Waals surface area contributed by atoms with Crippen molar-refractivity contribution in [1.29, 1.82) is 0 Å². The molecular formula is C21H22N4S. The second kappa shape index (κ2) is 6.57. The van der Waals surface area contributed by atoms with E-state index in [1.165, 1.54) is 11.1 Å². The van der Waals surface area contributed by atoms with Crippen molar-refractivity contribution in [1.82, 2.24) is 15.3 Å². The zero-order valence-corrected chi connectivity index (χ0v) is 16.0. The van der Waals surface area contributed by atoms with Crippen molar-refractivity contribution in [3.8, 4) is 0 Å². The molecule has 26 heavy (non-hydrogen) atoms. The van der Waals surface area contributed by atoms with Crippen molar-refractivity contribution in [2.75, 3.05) is 4.90 Å². The molecular weight excluding hydrogens is 340 g/mol. The number of nitrogens with zero attached hydrogens (tertiary/aromatic N) is 2. The van der Waals surface area contributed by atoms with E-state index in [0.717, 1.165) is 27.9 Å². The molecule has 0 saturated carbocycles. The Kier molecular flexibility index (Phi) is 4.24. The third-order valence-corrected chi connectivity index (χ3v) is 5.35. The molecule has 0 bridgehead atoms. The lowest BCUT2D eigenvalue weighted by Crippen LogP contribution is -2.29. The smallest absolute Gasteiger partial charge is 0.174 e. The van der Waals surface area contributed by atoms with E-state index in [1.807, 2.05) is 24.4 Å². The Balaban J connectivity index is 1.83. The van der Waals surface area contributed by atoms with E-state index in [-0.39, 0.29) is 12.1 Å². The second-order valence-corrected chi connectivity index (χ2v) is 7.25. The molecule has 3 aromatic rings. The summed E-state index contributed by atoms with van der Waals surface area (Å²) in [5, 5.41) is 4.21. The molecule has 4 rings (SSSR count). The van der Waals surface area contributed by atoms with E-state index >= 15 is 0 Å². The molecule has 5 heteroatoms. The number of aryl methyl sites for hydroxylation is 3. The van der Waals surface area contributed by atoms with Crippen molar-refractivity contribution >= 4 is 23.0 Å². The van der Waals surface area contributed by atoms with Gasteiger partial charge >= 0.3 is 0 Å². The Morgan fingerprint density at radius 3 is 2.50 bits per heavy atom. The predicted octanol–water partition coefficient (Wildman–Crippen LogP) is 4.51. The lowest BCUT2D eigenvalue weighted by atomic mass is 10.0. The van der Waals surface area contributed by atoms with Crippen LogP contribution in [0.2, 0.25) is 0 Å². The first kappa shape index (κ1) is 16.8. The molecule has 132 valence electrons. The highest BCUT2D eigenvalue weighted by Crippen LogP contribution is 2.41. The van der Waals surface area contributed by atoms with Gasteiger partial charge in [0.1, 0.15) is 6.04 Å². The highest BCUT2D eigenvalue weighted by molar-refractivity contribution is 7.80. The molecule has 0 unspecified atom stereocenters. The summed E-state index contributed by atoms with van der Waals surface area (Å²) in [4.78, 5) is 10.3. The minimum atomic E-state index is -0.0108. The van der Waals surface area contributed by atoms with Crippen LogP contribution in [0.5, 0.6) is 0 Å². The number of thiocarbonyl (C=S) groups is 1. The predicted molar refractivity (Wildman–Crippen MR) is 109 cm³/mol. The monoisotopic (exact) mass is 362 g/mol. The first-order valence-electron chi connectivity index (χ1n) is 8.78. The molecule has 2 aromatic heterocycles. The van der Waals surface area contributed by atoms with Crippen molar-refractivity contribution in [2.45, 2.75) is 32.9 Å². The van der Waals surface area contributed by atoms with Crippen LogP contribution in [0.1, 0.15) is 40.3 Å². The van der Waals surface area contributed by atoms with Crippen molar-refractivity contribution in [3.05, 3.63) is 82.9 Å².